The maximum absolute atomic E-state index is 14.5. The van der Waals surface area contributed by atoms with Gasteiger partial charge < -0.3 is 34.5 Å². The Morgan fingerprint density at radius 3 is 2.11 bits per heavy atom. The predicted molar refractivity (Wildman–Crippen MR) is 238 cm³/mol. The fraction of sp³-hybridized carbons (Fsp3) is 0.312. The topological polar surface area (TPSA) is 174 Å². The summed E-state index contributed by atoms with van der Waals surface area (Å²) in [6.45, 7) is 10.6. The number of fused-ring (bicyclic) bond motifs is 1. The van der Waals surface area contributed by atoms with E-state index in [0.717, 1.165) is 11.1 Å². The largest absolute Gasteiger partial charge is 0.514 e. The summed E-state index contributed by atoms with van der Waals surface area (Å²) in [5.41, 5.74) is 1.85. The van der Waals surface area contributed by atoms with Crippen molar-refractivity contribution >= 4 is 59.1 Å². The van der Waals surface area contributed by atoms with Gasteiger partial charge in [-0.3, -0.25) is 19.3 Å². The van der Waals surface area contributed by atoms with E-state index in [1.165, 1.54) is 28.8 Å². The molecule has 7 rings (SSSR count). The summed E-state index contributed by atoms with van der Waals surface area (Å²) in [6.07, 6.45) is 3.02. The number of β-lactam (4-membered cyclic amide) rings is 1. The second kappa shape index (κ2) is 18.8. The van der Waals surface area contributed by atoms with Crippen LogP contribution in [0.25, 0.3) is 0 Å². The maximum atomic E-state index is 14.5. The molecule has 0 saturated carbocycles. The Labute approximate surface area is 375 Å². The quantitative estimate of drug-likeness (QED) is 0.0397. The molecule has 64 heavy (non-hydrogen) atoms. The Hall–Kier alpha value is -6.94. The van der Waals surface area contributed by atoms with E-state index in [1.54, 1.807) is 93.7 Å². The molecule has 4 aromatic rings. The van der Waals surface area contributed by atoms with Gasteiger partial charge in [-0.25, -0.2) is 14.4 Å². The van der Waals surface area contributed by atoms with Crippen molar-refractivity contribution in [3.05, 3.63) is 144 Å². The molecule has 3 aromatic carbocycles. The third-order valence-corrected chi connectivity index (χ3v) is 11.3. The van der Waals surface area contributed by atoms with Gasteiger partial charge >= 0.3 is 18.2 Å². The van der Waals surface area contributed by atoms with Crippen LogP contribution in [0.1, 0.15) is 65.2 Å². The van der Waals surface area contributed by atoms with Gasteiger partial charge in [-0.1, -0.05) is 60.7 Å². The first kappa shape index (κ1) is 45.1. The number of anilines is 2. The van der Waals surface area contributed by atoms with Crippen LogP contribution in [-0.2, 0) is 39.9 Å². The molecule has 1 aromatic heterocycles. The molecule has 2 N–H and O–H groups in total. The highest BCUT2D eigenvalue weighted by Gasteiger charge is 2.55. The van der Waals surface area contributed by atoms with E-state index >= 15 is 0 Å². The molecule has 0 aliphatic carbocycles. The van der Waals surface area contributed by atoms with E-state index in [-0.39, 0.29) is 35.6 Å². The minimum atomic E-state index is -0.947. The van der Waals surface area contributed by atoms with Crippen LogP contribution in [0.3, 0.4) is 0 Å². The Balaban J connectivity index is 1.09. The molecule has 3 aliphatic rings. The first-order chi connectivity index (χ1) is 30.4. The van der Waals surface area contributed by atoms with Gasteiger partial charge in [-0.15, -0.1) is 11.8 Å². The lowest BCUT2D eigenvalue weighted by Gasteiger charge is -2.49. The van der Waals surface area contributed by atoms with Crippen molar-refractivity contribution in [2.75, 3.05) is 22.5 Å². The molecular formula is C48H50N5O10S+. The highest BCUT2D eigenvalue weighted by Crippen LogP contribution is 2.43. The molecule has 4 heterocycles. The number of ether oxygens (including phenoxy) is 4. The molecule has 0 spiro atoms. The van der Waals surface area contributed by atoms with Crippen LogP contribution >= 0.6 is 11.8 Å². The van der Waals surface area contributed by atoms with Gasteiger partial charge in [-0.05, 0) is 101 Å². The summed E-state index contributed by atoms with van der Waals surface area (Å²) >= 11 is 1.35. The summed E-state index contributed by atoms with van der Waals surface area (Å²) in [6, 6.07) is 27.4. The minimum absolute atomic E-state index is 0.000345. The number of amides is 4. The molecule has 3 aliphatic heterocycles. The summed E-state index contributed by atoms with van der Waals surface area (Å²) in [5.74, 6) is -1.40. The number of hydrogen-bond donors (Lipinski definition) is 2. The third-order valence-electron chi connectivity index (χ3n) is 9.98. The molecule has 2 saturated heterocycles. The van der Waals surface area contributed by atoms with Gasteiger partial charge in [0, 0.05) is 29.6 Å². The number of rotatable bonds is 11. The van der Waals surface area contributed by atoms with Gasteiger partial charge in [-0.2, -0.15) is 4.57 Å². The molecule has 2 fully saturated rings. The number of carbonyl (C=O) groups is 6. The first-order valence-corrected chi connectivity index (χ1v) is 21.8. The number of hydrogen-bond acceptors (Lipinski definition) is 11. The summed E-state index contributed by atoms with van der Waals surface area (Å²) < 4.78 is 23.7. The lowest BCUT2D eigenvalue weighted by Crippen LogP contribution is -2.70. The Bertz CT molecular complexity index is 2460. The molecule has 0 unspecified atom stereocenters. The van der Waals surface area contributed by atoms with Gasteiger partial charge in [0.15, 0.2) is 18.5 Å². The van der Waals surface area contributed by atoms with Crippen molar-refractivity contribution < 1.29 is 52.3 Å². The zero-order valence-corrected chi connectivity index (χ0v) is 37.2. The lowest BCUT2D eigenvalue weighted by atomic mass is 10.00. The van der Waals surface area contributed by atoms with E-state index in [0.29, 0.717) is 35.5 Å². The van der Waals surface area contributed by atoms with E-state index < -0.39 is 52.8 Å². The van der Waals surface area contributed by atoms with Crippen molar-refractivity contribution in [2.45, 2.75) is 83.2 Å². The number of pyridine rings is 1. The number of aromatic nitrogens is 1. The molecular weight excluding hydrogens is 839 g/mol. The van der Waals surface area contributed by atoms with Crippen LogP contribution < -0.4 is 24.8 Å². The number of carbonyl (C=O) groups excluding carboxylic acids is 6. The standard InChI is InChI=1S/C48H49N5O10S/c1-47(2,3)62-45(58)50-38-42(56)53-39(44(57)61-40(30-14-9-7-10-15-30)31-16-11-8-12-17-31)33(29-64-43(38)53)26-32-23-25-52(41(32)55)35-18-13-24-51(27-35)28-37(54)49-34-19-21-36(22-20-34)60-46(59)63-48(4,5)6/h7-22,24,26-27,38,40,43H,23,25,28-29H2,1-6H3,(H-,49,50,54,58)/p+1/t38-,43-/m1/s1. The van der Waals surface area contributed by atoms with Crippen molar-refractivity contribution in [3.63, 3.8) is 0 Å². The van der Waals surface area contributed by atoms with Gasteiger partial charge in [0.2, 0.25) is 6.54 Å². The zero-order valence-electron chi connectivity index (χ0n) is 36.4. The molecule has 16 heteroatoms. The lowest BCUT2D eigenvalue weighted by molar-refractivity contribution is -0.683. The van der Waals surface area contributed by atoms with Crippen LogP contribution in [0.15, 0.2) is 132 Å². The normalized spacial score (nSPS) is 18.0. The van der Waals surface area contributed by atoms with Crippen LogP contribution in [0.4, 0.5) is 21.0 Å². The van der Waals surface area contributed by atoms with Gasteiger partial charge in [0.25, 0.3) is 17.7 Å². The summed E-state index contributed by atoms with van der Waals surface area (Å²) in [5, 5.41) is 4.86. The SMILES string of the molecule is CC(C)(C)OC(=O)N[C@@H]1C(=O)N2C(C(=O)OC(c3ccccc3)c3ccccc3)=C(C=C3CCN(c4ccc[n+](CC(=O)Nc5ccc(OC(=O)OC(C)(C)C)cc5)c4)C3=O)CS[C@H]12. The third kappa shape index (κ3) is 11.0. The minimum Gasteiger partial charge on any atom is -0.448 e. The number of allylic oxidation sites excluding steroid dienone is 1. The van der Waals surface area contributed by atoms with Crippen molar-refractivity contribution in [2.24, 2.45) is 0 Å². The second-order valence-corrected chi connectivity index (χ2v) is 18.4. The first-order valence-electron chi connectivity index (χ1n) is 20.7. The predicted octanol–water partition coefficient (Wildman–Crippen LogP) is 6.99. The maximum Gasteiger partial charge on any atom is 0.514 e. The number of nitrogens with one attached hydrogen (secondary N) is 2. The molecule has 0 radical (unpaired) electrons. The van der Waals surface area contributed by atoms with Crippen molar-refractivity contribution in [1.29, 1.82) is 0 Å². The Kier molecular flexibility index (Phi) is 13.3. The van der Waals surface area contributed by atoms with Crippen LogP contribution in [0.2, 0.25) is 0 Å². The molecule has 15 nitrogen and oxygen atoms in total. The average molecular weight is 889 g/mol. The highest BCUT2D eigenvalue weighted by atomic mass is 32.2. The van der Waals surface area contributed by atoms with Crippen LogP contribution in [-0.4, -0.2) is 75.8 Å². The van der Waals surface area contributed by atoms with E-state index in [4.69, 9.17) is 18.9 Å². The Morgan fingerprint density at radius 2 is 1.48 bits per heavy atom. The number of nitrogens with zero attached hydrogens (tertiary/aromatic N) is 3. The molecule has 2 atom stereocenters. The molecule has 332 valence electrons. The number of alkyl carbamates (subject to hydrolysis) is 1. The van der Waals surface area contributed by atoms with Gasteiger partial charge in [0.1, 0.15) is 39.8 Å². The van der Waals surface area contributed by atoms with E-state index in [1.807, 2.05) is 60.7 Å². The summed E-state index contributed by atoms with van der Waals surface area (Å²) in [7, 11) is 0. The highest BCUT2D eigenvalue weighted by molar-refractivity contribution is 8.00. The monoisotopic (exact) mass is 888 g/mol. The van der Waals surface area contributed by atoms with Crippen molar-refractivity contribution in [3.8, 4) is 5.75 Å². The van der Waals surface area contributed by atoms with Crippen LogP contribution in [0.5, 0.6) is 5.75 Å². The number of benzene rings is 3. The van der Waals surface area contributed by atoms with Crippen LogP contribution in [0, 0.1) is 0 Å². The number of esters is 1. The fourth-order valence-corrected chi connectivity index (χ4v) is 8.54. The average Bonchev–Trinajstić information content (AvgIpc) is 3.60. The van der Waals surface area contributed by atoms with E-state index in [9.17, 15) is 28.8 Å². The molecule has 0 bridgehead atoms. The van der Waals surface area contributed by atoms with Gasteiger partial charge in [0.05, 0.1) is 0 Å². The number of thioether (sulfide) groups is 1. The Morgan fingerprint density at radius 1 is 0.844 bits per heavy atom. The zero-order chi connectivity index (χ0) is 45.8. The summed E-state index contributed by atoms with van der Waals surface area (Å²) in [4.78, 5) is 83.2. The smallest absolute Gasteiger partial charge is 0.448 e. The fourth-order valence-electron chi connectivity index (χ4n) is 7.24. The van der Waals surface area contributed by atoms with E-state index in [2.05, 4.69) is 10.6 Å². The molecule has 4 amide bonds. The second-order valence-electron chi connectivity index (χ2n) is 17.3. The van der Waals surface area contributed by atoms with Crippen molar-refractivity contribution in [1.82, 2.24) is 10.2 Å².